The Bertz CT molecular complexity index is 7560. The van der Waals surface area contributed by atoms with E-state index < -0.39 is 34.9 Å². The largest absolute Gasteiger partial charge is 0.379 e. The molecule has 16 heterocycles. The van der Waals surface area contributed by atoms with Crippen LogP contribution in [0.15, 0.2) is 143 Å². The topological polar surface area (TPSA) is 450 Å². The predicted octanol–water partition coefficient (Wildman–Crippen LogP) is 12.9. The van der Waals surface area contributed by atoms with Crippen molar-refractivity contribution < 1.29 is 68.2 Å². The second-order valence-electron chi connectivity index (χ2n) is 41.1. The summed E-state index contributed by atoms with van der Waals surface area (Å²) in [5, 5.41) is 58.8. The average Bonchev–Trinajstić information content (AvgIpc) is 1.62. The number of benzene rings is 5. The Balaban J connectivity index is 0.000000118. The first-order chi connectivity index (χ1) is 71.8. The number of anilines is 10. The molecule has 5 amide bonds. The van der Waals surface area contributed by atoms with Gasteiger partial charge in [0.2, 0.25) is 29.5 Å². The van der Waals surface area contributed by atoms with Crippen molar-refractivity contribution in [3.63, 3.8) is 0 Å². The van der Waals surface area contributed by atoms with Crippen molar-refractivity contribution >= 4 is 117 Å². The molecule has 0 bridgehead atoms. The third-order valence-corrected chi connectivity index (χ3v) is 34.5. The van der Waals surface area contributed by atoms with Crippen LogP contribution in [0, 0.1) is 11.3 Å². The van der Waals surface area contributed by atoms with E-state index in [4.69, 9.17) is 44.4 Å². The predicted molar refractivity (Wildman–Crippen MR) is 564 cm³/mol. The summed E-state index contributed by atoms with van der Waals surface area (Å²) in [6.07, 6.45) is 22.3. The number of hydrogen-bond donors (Lipinski definition) is 5. The number of rotatable bonds is 21. The van der Waals surface area contributed by atoms with Crippen LogP contribution < -0.4 is 26.6 Å². The summed E-state index contributed by atoms with van der Waals surface area (Å²) in [6.45, 7) is 23.3. The molecule has 0 spiro atoms. The van der Waals surface area contributed by atoms with Gasteiger partial charge in [-0.25, -0.2) is 25.3 Å². The highest BCUT2D eigenvalue weighted by molar-refractivity contribution is 7.92. The molecule has 11 aliphatic rings. The zero-order valence-electron chi connectivity index (χ0n) is 86.9. The molecular formula is C107H131N25O15S3. The van der Waals surface area contributed by atoms with E-state index >= 15 is 0 Å². The van der Waals surface area contributed by atoms with Crippen LogP contribution in [0.1, 0.15) is 191 Å². The summed E-state index contributed by atoms with van der Waals surface area (Å²) in [4.78, 5) is 69.7. The zero-order chi connectivity index (χ0) is 106. The number of amides is 5. The lowest BCUT2D eigenvalue weighted by molar-refractivity contribution is -0.130. The van der Waals surface area contributed by atoms with E-state index in [0.29, 0.717) is 138 Å². The lowest BCUT2D eigenvalue weighted by atomic mass is 9.86. The number of nitrogens with one attached hydrogen (secondary N) is 5. The fourth-order valence-corrected chi connectivity index (χ4v) is 24.6. The number of aromatic nitrogens is 14. The summed E-state index contributed by atoms with van der Waals surface area (Å²) in [5.74, 6) is 3.83. The van der Waals surface area contributed by atoms with Crippen molar-refractivity contribution in [3.05, 3.63) is 201 Å². The van der Waals surface area contributed by atoms with Gasteiger partial charge < -0.3 is 70.0 Å². The Morgan fingerprint density at radius 3 is 1.18 bits per heavy atom. The maximum Gasteiger partial charge on any atom is 0.219 e. The molecular weight excluding hydrogens is 1970 g/mol. The van der Waals surface area contributed by atoms with Crippen molar-refractivity contribution in [3.8, 4) is 28.3 Å². The number of nitriles is 1. The quantitative estimate of drug-likeness (QED) is 0.0446. The molecule has 4 saturated heterocycles. The number of fused-ring (bicyclic) bond motifs is 6. The Morgan fingerprint density at radius 2 is 0.787 bits per heavy atom. The van der Waals surface area contributed by atoms with E-state index in [1.807, 2.05) is 128 Å². The van der Waals surface area contributed by atoms with Crippen molar-refractivity contribution in [2.45, 2.75) is 221 Å². The van der Waals surface area contributed by atoms with Gasteiger partial charge in [-0.2, -0.15) is 41.0 Å². The minimum Gasteiger partial charge on any atom is -0.379 e. The van der Waals surface area contributed by atoms with E-state index in [2.05, 4.69) is 65.9 Å². The molecule has 0 radical (unpaired) electrons. The van der Waals surface area contributed by atoms with Gasteiger partial charge in [0.05, 0.1) is 133 Å². The van der Waals surface area contributed by atoms with Gasteiger partial charge in [0, 0.05) is 262 Å². The van der Waals surface area contributed by atoms with E-state index in [-0.39, 0.29) is 68.7 Å². The number of carbonyl (C=O) groups is 5. The summed E-state index contributed by atoms with van der Waals surface area (Å²) in [7, 11) is -4.35. The van der Waals surface area contributed by atoms with Crippen molar-refractivity contribution in [2.24, 2.45) is 21.1 Å². The number of nitrogens with zero attached hydrogens (tertiary/aromatic N) is 20. The van der Waals surface area contributed by atoms with Gasteiger partial charge in [-0.1, -0.05) is 30.3 Å². The van der Waals surface area contributed by atoms with Gasteiger partial charge in [0.15, 0.2) is 58.6 Å². The Hall–Kier alpha value is -13.9. The van der Waals surface area contributed by atoms with Gasteiger partial charge in [0.1, 0.15) is 0 Å². The fourth-order valence-electron chi connectivity index (χ4n) is 21.4. The maximum atomic E-state index is 12.7. The van der Waals surface area contributed by atoms with Gasteiger partial charge in [-0.05, 0) is 172 Å². The second kappa shape index (κ2) is 43.6. The maximum absolute atomic E-state index is 12.7. The number of hydrogen-bond acceptors (Lipinski definition) is 28. The van der Waals surface area contributed by atoms with Crippen LogP contribution in [-0.2, 0) is 177 Å². The SMILES string of the molecule is CC(=O)N1CCc2c(c(Nc3cc4c(c(-c5cnn(C)c5)c3)CCC4)nn2C)C1.CC(=O)N1CCc2c(c(Nc3ccc(-c4cnn(C)c4)cc3S(C)(=O)=O)nn2C2CCOC2)C1.CC(=O)N1CCc2c(c(Nc3cccc(C(C)(C)C#N)c3)nn2C2CCOC2)C1.CC(=O)N1CCc2c(c(Nc3cccc(S(=O)(=O)C4CC4)c3)nn2C2CCOC2)C1.CC(=O)N1CCc2c(c(Nc3cccc(S(C)(=O)=O)c3)nn2C2CCOC2)C1. The minimum atomic E-state index is -3.54. The smallest absolute Gasteiger partial charge is 0.219 e. The van der Waals surface area contributed by atoms with Gasteiger partial charge in [-0.3, -0.25) is 56.7 Å². The zero-order valence-corrected chi connectivity index (χ0v) is 89.4. The molecule has 4 atom stereocenters. The summed E-state index contributed by atoms with van der Waals surface area (Å²) in [5.41, 5.74) is 21.8. The molecule has 4 unspecified atom stereocenters. The monoisotopic (exact) mass is 2100 g/mol. The molecule has 9 aliphatic heterocycles. The Morgan fingerprint density at radius 1 is 0.400 bits per heavy atom. The average molecular weight is 2100 g/mol. The van der Waals surface area contributed by atoms with Crippen LogP contribution in [0.2, 0.25) is 0 Å². The van der Waals surface area contributed by atoms with E-state index in [1.54, 1.807) is 104 Å². The highest BCUT2D eigenvalue weighted by Crippen LogP contribution is 2.44. The van der Waals surface area contributed by atoms with Crippen LogP contribution in [0.3, 0.4) is 0 Å². The van der Waals surface area contributed by atoms with Crippen molar-refractivity contribution in [1.82, 2.24) is 93.0 Å². The standard InChI is InChI=1S/C23H28N6O4S.C22H26N6O.C22H27N5O2.C21H26N4O4S.C19H24N4O4S/c1-15(30)28-8-6-21-19(13-28)23(26-29(21)18-7-9-33-14-18)25-20-5-4-16(10-22(20)34(3,31)32)17-11-24-27(2)12-17;1-14(29)28-8-7-21-20(13-28)22(25-27(21)3)24-17-9-15-5-4-6-18(15)19(10-17)16-11-23-26(2)12-16;1-15(28)26-9-7-20-19(12-26)21(25-27(20)18-8-10-29-13-18)24-17-6-4-5-16(11-17)22(2,3)14-23;1-14(26)24-9-7-20-19(12-24)21(23-25(20)16-8-10-29-13-16)22-15-3-2-4-18(11-15)30(27,28)17-5-6-17;1-13(24)22-8-6-18-17(11-22)19(21-23(18)15-7-9-27-12-15)20-14-4-3-5-16(10-14)28(2,25)26/h4-5,10-12,18H,6-9,13-14H2,1-3H3,(H,25,26);9-12H,4-8,13H2,1-3H3,(H,24,25);4-6,11,18H,7-10,12-13H2,1-3H3,(H,24,25);2-4,11,16-17H,5-10,12-13H2,1H3,(H,22,23);3-5,10,15H,6-9,11-12H2,1-2H3,(H,20,21). The number of carbonyl (C=O) groups excluding carboxylic acids is 5. The van der Waals surface area contributed by atoms with Crippen LogP contribution >= 0.6 is 0 Å². The van der Waals surface area contributed by atoms with E-state index in [9.17, 15) is 54.5 Å². The molecule has 43 heteroatoms. The lowest BCUT2D eigenvalue weighted by Gasteiger charge is -2.27. The molecule has 1 saturated carbocycles. The molecule has 12 aromatic rings. The molecule has 7 aromatic heterocycles. The molecule has 40 nitrogen and oxygen atoms in total. The first-order valence-electron chi connectivity index (χ1n) is 51.4. The number of aryl methyl sites for hydroxylation is 4. The highest BCUT2D eigenvalue weighted by Gasteiger charge is 2.41. The van der Waals surface area contributed by atoms with E-state index in [0.717, 1.165) is 194 Å². The summed E-state index contributed by atoms with van der Waals surface area (Å²) >= 11 is 0. The third-order valence-electron chi connectivity index (χ3n) is 30.0. The summed E-state index contributed by atoms with van der Waals surface area (Å²) < 4.78 is 110. The molecule has 5 aromatic carbocycles. The third kappa shape index (κ3) is 22.9. The molecule has 5 N–H and O–H groups in total. The number of sulfone groups is 3. The van der Waals surface area contributed by atoms with Gasteiger partial charge in [0.25, 0.3) is 0 Å². The molecule has 2 aliphatic carbocycles. The van der Waals surface area contributed by atoms with Crippen LogP contribution in [0.5, 0.6) is 0 Å². The Kier molecular flexibility index (Phi) is 30.4. The first-order valence-corrected chi connectivity index (χ1v) is 56.7. The first kappa shape index (κ1) is 105. The van der Waals surface area contributed by atoms with Crippen molar-refractivity contribution in [2.75, 3.05) is 125 Å². The second-order valence-corrected chi connectivity index (χ2v) is 47.3. The van der Waals surface area contributed by atoms with E-state index in [1.165, 1.54) is 47.0 Å². The van der Waals surface area contributed by atoms with Gasteiger partial charge in [-0.15, -0.1) is 0 Å². The summed E-state index contributed by atoms with van der Waals surface area (Å²) in [6, 6.07) is 34.4. The fraction of sp³-hybridized carbons (Fsp3) is 0.467. The minimum absolute atomic E-state index is 0.00574. The number of ether oxygens (including phenoxy) is 4. The molecule has 23 rings (SSSR count). The highest BCUT2D eigenvalue weighted by atomic mass is 32.2. The van der Waals surface area contributed by atoms with Crippen LogP contribution in [-0.4, -0.2) is 251 Å². The lowest BCUT2D eigenvalue weighted by Crippen LogP contribution is -2.35. The molecule has 150 heavy (non-hydrogen) atoms. The van der Waals surface area contributed by atoms with Crippen LogP contribution in [0.4, 0.5) is 57.5 Å². The van der Waals surface area contributed by atoms with Crippen molar-refractivity contribution in [1.29, 1.82) is 5.26 Å². The van der Waals surface area contributed by atoms with Crippen LogP contribution in [0.25, 0.3) is 22.3 Å². The molecule has 792 valence electrons. The Labute approximate surface area is 873 Å². The van der Waals surface area contributed by atoms with Gasteiger partial charge >= 0.3 is 0 Å². The normalized spacial score (nSPS) is 18.7. The molecule has 5 fully saturated rings.